The maximum Gasteiger partial charge on any atom is 0.262 e. The third-order valence-corrected chi connectivity index (χ3v) is 12.8. The number of nitriles is 1. The van der Waals surface area contributed by atoms with Gasteiger partial charge in [0.05, 0.1) is 41.0 Å². The molecule has 0 aromatic heterocycles. The molecule has 3 aromatic rings. The first-order chi connectivity index (χ1) is 28.6. The minimum Gasteiger partial charge on any atom is -0.494 e. The summed E-state index contributed by atoms with van der Waals surface area (Å²) < 4.78 is 12.3. The molecule has 0 spiro atoms. The number of aliphatic hydroxyl groups excluding tert-OH is 1. The molecule has 14 nitrogen and oxygen atoms in total. The van der Waals surface area contributed by atoms with Gasteiger partial charge in [0.2, 0.25) is 11.8 Å². The number of carbonyl (C=O) groups is 5. The first-order valence-electron chi connectivity index (χ1n) is 20.5. The van der Waals surface area contributed by atoms with Crippen LogP contribution in [0.4, 0.5) is 5.69 Å². The van der Waals surface area contributed by atoms with E-state index in [4.69, 9.17) is 21.1 Å². The Hall–Kier alpha value is -5.49. The summed E-state index contributed by atoms with van der Waals surface area (Å²) in [6, 6.07) is 18.2. The van der Waals surface area contributed by atoms with E-state index in [-0.39, 0.29) is 65.5 Å². The zero-order chi connectivity index (χ0) is 42.9. The van der Waals surface area contributed by atoms with E-state index in [1.807, 2.05) is 24.3 Å². The van der Waals surface area contributed by atoms with Crippen molar-refractivity contribution in [3.05, 3.63) is 87.9 Å². The number of piperazine rings is 1. The molecule has 3 aromatic carbocycles. The maximum absolute atomic E-state index is 13.5. The lowest BCUT2D eigenvalue weighted by molar-refractivity contribution is -0.164. The Bertz CT molecular complexity index is 2210. The van der Waals surface area contributed by atoms with E-state index in [0.717, 1.165) is 49.5 Å². The maximum atomic E-state index is 13.5. The molecule has 1 unspecified atom stereocenters. The number of nitrogens with zero attached hydrogens (tertiary/aromatic N) is 4. The van der Waals surface area contributed by atoms with Crippen LogP contribution in [0.5, 0.6) is 11.5 Å². The standard InChI is InChI=1S/C45H51ClN6O8/c1-44(2)42(45(3,4)43(44)60-32-13-10-28(24-47)35(46)23-32)49-38(55)27-8-11-29(12-9-27)51-20-19-50(30(25-51)26-53)18-6-5-7-21-59-31-14-15-33-34(22-31)41(58)52(40(33)57)36-16-17-37(54)48-39(36)56/h8-15,22-23,30,36,42-43,53H,5-7,16-21,25-26H2,1-4H3,(H,49,55)(H,48,54,56)/t30-,36?,42-,43-/m0/s1. The average molecular weight is 839 g/mol. The fourth-order valence-corrected chi connectivity index (χ4v) is 9.77. The van der Waals surface area contributed by atoms with E-state index in [1.165, 1.54) is 6.07 Å². The minimum atomic E-state index is -1.01. The molecule has 2 atom stereocenters. The number of rotatable bonds is 14. The van der Waals surface area contributed by atoms with Crippen LogP contribution in [0.15, 0.2) is 60.7 Å². The number of anilines is 1. The largest absolute Gasteiger partial charge is 0.494 e. The molecule has 2 saturated heterocycles. The normalized spacial score (nSPS) is 23.4. The lowest BCUT2D eigenvalue weighted by Gasteiger charge is -2.63. The zero-order valence-corrected chi connectivity index (χ0v) is 35.1. The molecule has 316 valence electrons. The monoisotopic (exact) mass is 838 g/mol. The first kappa shape index (κ1) is 42.6. The Morgan fingerprint density at radius 3 is 2.33 bits per heavy atom. The van der Waals surface area contributed by atoms with Crippen LogP contribution in [0.3, 0.4) is 0 Å². The van der Waals surface area contributed by atoms with Gasteiger partial charge >= 0.3 is 0 Å². The predicted molar refractivity (Wildman–Crippen MR) is 223 cm³/mol. The van der Waals surface area contributed by atoms with E-state index in [0.29, 0.717) is 40.8 Å². The number of benzene rings is 3. The van der Waals surface area contributed by atoms with Crippen molar-refractivity contribution >= 4 is 46.8 Å². The zero-order valence-electron chi connectivity index (χ0n) is 34.3. The molecule has 3 N–H and O–H groups in total. The molecular weight excluding hydrogens is 788 g/mol. The van der Waals surface area contributed by atoms with Crippen LogP contribution in [-0.2, 0) is 9.59 Å². The second-order valence-electron chi connectivity index (χ2n) is 17.2. The number of piperidine rings is 1. The lowest BCUT2D eigenvalue weighted by atomic mass is 9.49. The van der Waals surface area contributed by atoms with Crippen molar-refractivity contribution in [2.24, 2.45) is 10.8 Å². The van der Waals surface area contributed by atoms with Crippen molar-refractivity contribution in [3.8, 4) is 17.6 Å². The third kappa shape index (κ3) is 8.31. The van der Waals surface area contributed by atoms with Gasteiger partial charge in [-0.25, -0.2) is 0 Å². The number of halogens is 1. The van der Waals surface area contributed by atoms with Crippen LogP contribution in [0.25, 0.3) is 0 Å². The van der Waals surface area contributed by atoms with Crippen molar-refractivity contribution in [1.29, 1.82) is 5.26 Å². The molecular formula is C45H51ClN6O8. The van der Waals surface area contributed by atoms with Crippen LogP contribution in [0.1, 0.15) is 96.4 Å². The Kier molecular flexibility index (Phi) is 12.2. The van der Waals surface area contributed by atoms with Gasteiger partial charge in [-0.2, -0.15) is 5.26 Å². The second kappa shape index (κ2) is 17.2. The Morgan fingerprint density at radius 2 is 1.65 bits per heavy atom. The fraction of sp³-hybridized carbons (Fsp3) is 0.467. The molecule has 0 radical (unpaired) electrons. The average Bonchev–Trinajstić information content (AvgIpc) is 3.47. The summed E-state index contributed by atoms with van der Waals surface area (Å²) in [7, 11) is 0. The van der Waals surface area contributed by atoms with Crippen molar-refractivity contribution < 1.29 is 38.6 Å². The number of ether oxygens (including phenoxy) is 2. The first-order valence-corrected chi connectivity index (χ1v) is 20.9. The van der Waals surface area contributed by atoms with E-state index >= 15 is 0 Å². The van der Waals surface area contributed by atoms with Crippen molar-refractivity contribution in [3.63, 3.8) is 0 Å². The number of hydrogen-bond donors (Lipinski definition) is 3. The number of carbonyl (C=O) groups excluding carboxylic acids is 5. The summed E-state index contributed by atoms with van der Waals surface area (Å²) in [5.41, 5.74) is 1.57. The van der Waals surface area contributed by atoms with E-state index in [1.54, 1.807) is 30.3 Å². The number of fused-ring (bicyclic) bond motifs is 1. The van der Waals surface area contributed by atoms with Crippen molar-refractivity contribution in [2.75, 3.05) is 44.3 Å². The summed E-state index contributed by atoms with van der Waals surface area (Å²) in [5, 5.41) is 25.3. The summed E-state index contributed by atoms with van der Waals surface area (Å²) in [5.74, 6) is -1.30. The highest BCUT2D eigenvalue weighted by atomic mass is 35.5. The molecule has 1 saturated carbocycles. The SMILES string of the molecule is CC1(C)[C@H](NC(=O)c2ccc(N3CCN(CCCCCOc4ccc5c(c4)C(=O)N(C4CCC(=O)NC4=O)C5=O)[C@H](CO)C3)cc2)C(C)(C)[C@H]1Oc1ccc(C#N)c(Cl)c1. The molecule has 5 amide bonds. The molecule has 0 bridgehead atoms. The van der Waals surface area contributed by atoms with Crippen molar-refractivity contribution in [2.45, 2.75) is 84.0 Å². The van der Waals surface area contributed by atoms with Gasteiger partial charge in [-0.05, 0) is 86.8 Å². The van der Waals surface area contributed by atoms with Crippen LogP contribution >= 0.6 is 11.6 Å². The van der Waals surface area contributed by atoms with Gasteiger partial charge in [-0.1, -0.05) is 39.3 Å². The lowest BCUT2D eigenvalue weighted by Crippen LogP contribution is -2.74. The van der Waals surface area contributed by atoms with Gasteiger partial charge in [0.15, 0.2) is 0 Å². The number of nitrogens with one attached hydrogen (secondary N) is 2. The highest BCUT2D eigenvalue weighted by molar-refractivity contribution is 6.31. The van der Waals surface area contributed by atoms with Crippen molar-refractivity contribution in [1.82, 2.24) is 20.4 Å². The smallest absolute Gasteiger partial charge is 0.262 e. The highest BCUT2D eigenvalue weighted by Crippen LogP contribution is 2.55. The van der Waals surface area contributed by atoms with Gasteiger partial charge in [-0.3, -0.25) is 39.1 Å². The second-order valence-corrected chi connectivity index (χ2v) is 17.6. The molecule has 3 aliphatic heterocycles. The van der Waals surface area contributed by atoms with E-state index < -0.39 is 29.7 Å². The summed E-state index contributed by atoms with van der Waals surface area (Å²) in [6.07, 6.45) is 2.53. The Morgan fingerprint density at radius 1 is 0.933 bits per heavy atom. The number of hydrogen-bond acceptors (Lipinski definition) is 11. The van der Waals surface area contributed by atoms with E-state index in [2.05, 4.69) is 54.2 Å². The summed E-state index contributed by atoms with van der Waals surface area (Å²) in [6.45, 7) is 11.8. The minimum absolute atomic E-state index is 0.0243. The van der Waals surface area contributed by atoms with Crippen LogP contribution in [0.2, 0.25) is 5.02 Å². The molecule has 7 rings (SSSR count). The highest BCUT2D eigenvalue weighted by Gasteiger charge is 2.64. The van der Waals surface area contributed by atoms with Gasteiger partial charge < -0.3 is 24.8 Å². The number of amides is 5. The molecule has 15 heteroatoms. The van der Waals surface area contributed by atoms with Crippen LogP contribution in [0, 0.1) is 22.2 Å². The molecule has 3 heterocycles. The van der Waals surface area contributed by atoms with Gasteiger partial charge in [0.25, 0.3) is 17.7 Å². The predicted octanol–water partition coefficient (Wildman–Crippen LogP) is 4.96. The molecule has 60 heavy (non-hydrogen) atoms. The molecule has 3 fully saturated rings. The third-order valence-electron chi connectivity index (χ3n) is 12.5. The summed E-state index contributed by atoms with van der Waals surface area (Å²) >= 11 is 6.24. The van der Waals surface area contributed by atoms with Gasteiger partial charge in [0, 0.05) is 60.2 Å². The van der Waals surface area contributed by atoms with Crippen LogP contribution < -0.4 is 25.0 Å². The van der Waals surface area contributed by atoms with E-state index in [9.17, 15) is 34.3 Å². The molecule has 4 aliphatic rings. The van der Waals surface area contributed by atoms with Crippen LogP contribution in [-0.4, -0.2) is 108 Å². The topological polar surface area (TPSA) is 182 Å². The Labute approximate surface area is 354 Å². The number of imide groups is 2. The Balaban J connectivity index is 0.839. The number of aliphatic hydroxyl groups is 1. The fourth-order valence-electron chi connectivity index (χ4n) is 9.55. The quantitative estimate of drug-likeness (QED) is 0.148. The summed E-state index contributed by atoms with van der Waals surface area (Å²) in [4.78, 5) is 69.0. The van der Waals surface area contributed by atoms with Gasteiger partial charge in [-0.15, -0.1) is 0 Å². The molecule has 1 aliphatic carbocycles. The number of unbranched alkanes of at least 4 members (excludes halogenated alkanes) is 2. The van der Waals surface area contributed by atoms with Gasteiger partial charge in [0.1, 0.15) is 29.7 Å².